The minimum atomic E-state index is -1.74. The Balaban J connectivity index is 1.51. The summed E-state index contributed by atoms with van der Waals surface area (Å²) in [5.74, 6) is -2.72. The Hall–Kier alpha value is -2.16. The lowest BCUT2D eigenvalue weighted by Crippen LogP contribution is -2.81. The highest BCUT2D eigenvalue weighted by molar-refractivity contribution is 5.89. The Kier molecular flexibility index (Phi) is 8.55. The molecule has 48 heavy (non-hydrogen) atoms. The first-order valence-corrected chi connectivity index (χ1v) is 17.3. The van der Waals surface area contributed by atoms with E-state index in [0.717, 1.165) is 0 Å². The third-order valence-corrected chi connectivity index (χ3v) is 13.5. The lowest BCUT2D eigenvalue weighted by Gasteiger charge is -2.70. The fourth-order valence-corrected chi connectivity index (χ4v) is 12.7. The number of esters is 2. The molecule has 7 bridgehead atoms. The van der Waals surface area contributed by atoms with Gasteiger partial charge in [0.05, 0.1) is 24.4 Å². The van der Waals surface area contributed by atoms with Crippen molar-refractivity contribution in [2.45, 2.75) is 87.5 Å². The summed E-state index contributed by atoms with van der Waals surface area (Å²) >= 11 is 0. The first kappa shape index (κ1) is 34.3. The number of aliphatic hydroxyl groups excluding tert-OH is 1. The monoisotopic (exact) mass is 673 g/mol. The maximum absolute atomic E-state index is 13.8. The molecule has 1 aromatic carbocycles. The van der Waals surface area contributed by atoms with Gasteiger partial charge < -0.3 is 43.4 Å². The molecule has 5 aliphatic carbocycles. The average molecular weight is 674 g/mol. The van der Waals surface area contributed by atoms with Crippen LogP contribution in [-0.2, 0) is 38.0 Å². The van der Waals surface area contributed by atoms with Crippen molar-refractivity contribution in [3.63, 3.8) is 0 Å². The summed E-state index contributed by atoms with van der Waals surface area (Å²) in [6, 6.07) is 8.51. The smallest absolute Gasteiger partial charge is 0.338 e. The van der Waals surface area contributed by atoms with E-state index < -0.39 is 76.5 Å². The molecule has 12 nitrogen and oxygen atoms in total. The standard InChI is InChI=1S/C36H51NO11/c1-8-37-17-33(18-42-4)22(47-19(3)38)15-23(43-5)35-21-16-34(41)30(48-32(40)20-13-11-10-12-14-20)24(21)36(46-9-2,29(39)31(34)45-7)25(28(35)37)26(44-6)27(33)35/h10-14,21-31,39,41H,8-9,15-18H2,1-7H3/t21-,22?,23+,24?,25?,26+,27-,28?,29+,30+,31+,33+,34+,35?,36-/m1/s1. The zero-order valence-electron chi connectivity index (χ0n) is 29.0. The van der Waals surface area contributed by atoms with Crippen molar-refractivity contribution >= 4 is 11.9 Å². The molecule has 0 amide bonds. The molecule has 1 spiro atoms. The quantitative estimate of drug-likeness (QED) is 0.330. The van der Waals surface area contributed by atoms with Crippen LogP contribution < -0.4 is 0 Å². The first-order valence-electron chi connectivity index (χ1n) is 17.3. The van der Waals surface area contributed by atoms with Crippen LogP contribution in [0.15, 0.2) is 30.3 Å². The normalized spacial score (nSPS) is 48.3. The number of carbonyl (C=O) groups is 2. The van der Waals surface area contributed by atoms with Crippen molar-refractivity contribution in [3.8, 4) is 0 Å². The number of hydrogen-bond acceptors (Lipinski definition) is 12. The number of nitrogens with zero attached hydrogens (tertiary/aromatic N) is 1. The van der Waals surface area contributed by atoms with Crippen LogP contribution in [0.3, 0.4) is 0 Å². The maximum Gasteiger partial charge on any atom is 0.338 e. The molecule has 266 valence electrons. The van der Waals surface area contributed by atoms with Crippen molar-refractivity contribution in [1.29, 1.82) is 0 Å². The summed E-state index contributed by atoms with van der Waals surface area (Å²) in [7, 11) is 6.51. The number of methoxy groups -OCH3 is 4. The molecule has 2 N–H and O–H groups in total. The SMILES string of the molecule is CCO[C@@]12C3C4N(CC)C[C@]5(COC)C(OC(C)=O)C[C@H](OC)C4([C@@H]4C[C@](O)([C@@H](OC(=O)c6ccccc6)C41)[C@@H](OC)[C@@H]2O)[C@@H]5[C@H]3OC. The van der Waals surface area contributed by atoms with E-state index >= 15 is 0 Å². The number of rotatable bonds is 11. The molecule has 1 aliphatic heterocycles. The van der Waals surface area contributed by atoms with Gasteiger partial charge in [-0.2, -0.15) is 0 Å². The zero-order valence-corrected chi connectivity index (χ0v) is 29.0. The molecule has 1 aromatic rings. The minimum absolute atomic E-state index is 0.170. The van der Waals surface area contributed by atoms with E-state index in [1.807, 2.05) is 13.0 Å². The lowest BCUT2D eigenvalue weighted by molar-refractivity contribution is -0.330. The van der Waals surface area contributed by atoms with E-state index in [-0.39, 0.29) is 36.9 Å². The number of aliphatic hydroxyl groups is 2. The van der Waals surface area contributed by atoms with E-state index in [1.165, 1.54) is 14.0 Å². The summed E-state index contributed by atoms with van der Waals surface area (Å²) in [6.07, 6.45) is -4.37. The van der Waals surface area contributed by atoms with E-state index in [0.29, 0.717) is 31.7 Å². The first-order chi connectivity index (χ1) is 23.0. The fraction of sp³-hybridized carbons (Fsp3) is 0.778. The number of fused-ring (bicyclic) bond motifs is 2. The van der Waals surface area contributed by atoms with Crippen LogP contribution in [-0.4, -0.2) is 136 Å². The second kappa shape index (κ2) is 12.0. The predicted octanol–water partition coefficient (Wildman–Crippen LogP) is 1.69. The molecule has 6 fully saturated rings. The molecule has 5 saturated carbocycles. The van der Waals surface area contributed by atoms with Gasteiger partial charge in [0, 0.05) is 89.6 Å². The van der Waals surface area contributed by atoms with Crippen molar-refractivity contribution in [2.24, 2.45) is 34.5 Å². The van der Waals surface area contributed by atoms with Gasteiger partial charge >= 0.3 is 11.9 Å². The van der Waals surface area contributed by atoms with Gasteiger partial charge in [-0.25, -0.2) is 4.79 Å². The Morgan fingerprint density at radius 1 is 0.958 bits per heavy atom. The summed E-state index contributed by atoms with van der Waals surface area (Å²) in [6.45, 7) is 7.20. The van der Waals surface area contributed by atoms with Gasteiger partial charge in [-0.05, 0) is 37.9 Å². The Labute approximate surface area is 282 Å². The van der Waals surface area contributed by atoms with Crippen LogP contribution in [0, 0.1) is 34.5 Å². The number of piperidine rings is 1. The molecule has 1 saturated heterocycles. The van der Waals surface area contributed by atoms with Gasteiger partial charge in [0.15, 0.2) is 0 Å². The highest BCUT2D eigenvalue weighted by Gasteiger charge is 2.91. The van der Waals surface area contributed by atoms with Crippen LogP contribution in [0.5, 0.6) is 0 Å². The molecule has 5 unspecified atom stereocenters. The van der Waals surface area contributed by atoms with Crippen LogP contribution in [0.4, 0.5) is 0 Å². The lowest BCUT2D eigenvalue weighted by atomic mass is 9.42. The largest absolute Gasteiger partial charge is 0.462 e. The van der Waals surface area contributed by atoms with Crippen LogP contribution in [0.2, 0.25) is 0 Å². The second-order valence-electron chi connectivity index (χ2n) is 14.8. The highest BCUT2D eigenvalue weighted by Crippen LogP contribution is 2.80. The molecule has 15 atom stereocenters. The van der Waals surface area contributed by atoms with Crippen LogP contribution in [0.1, 0.15) is 44.0 Å². The number of benzene rings is 1. The van der Waals surface area contributed by atoms with Crippen molar-refractivity contribution < 1.29 is 53.0 Å². The van der Waals surface area contributed by atoms with E-state index in [2.05, 4.69) is 11.8 Å². The van der Waals surface area contributed by atoms with Crippen LogP contribution in [0.25, 0.3) is 0 Å². The van der Waals surface area contributed by atoms with Crippen molar-refractivity contribution in [1.82, 2.24) is 4.90 Å². The van der Waals surface area contributed by atoms with Gasteiger partial charge in [-0.15, -0.1) is 0 Å². The number of ether oxygens (including phenoxy) is 7. The molecular formula is C36H51NO11. The van der Waals surface area contributed by atoms with Gasteiger partial charge in [0.2, 0.25) is 0 Å². The minimum Gasteiger partial charge on any atom is -0.462 e. The third kappa shape index (κ3) is 4.00. The zero-order chi connectivity index (χ0) is 34.4. The maximum atomic E-state index is 13.8. The molecule has 12 heteroatoms. The molecular weight excluding hydrogens is 622 g/mol. The topological polar surface area (TPSA) is 142 Å². The predicted molar refractivity (Wildman–Crippen MR) is 170 cm³/mol. The van der Waals surface area contributed by atoms with Crippen molar-refractivity contribution in [3.05, 3.63) is 35.9 Å². The Morgan fingerprint density at radius 2 is 1.69 bits per heavy atom. The summed E-state index contributed by atoms with van der Waals surface area (Å²) in [4.78, 5) is 28.9. The number of likely N-dealkylation sites (tertiary alicyclic amines) is 1. The summed E-state index contributed by atoms with van der Waals surface area (Å²) in [5.41, 5.74) is -4.14. The average Bonchev–Trinajstić information content (AvgIpc) is 3.44. The van der Waals surface area contributed by atoms with Gasteiger partial charge in [-0.1, -0.05) is 25.1 Å². The van der Waals surface area contributed by atoms with E-state index in [1.54, 1.807) is 45.6 Å². The third-order valence-electron chi connectivity index (χ3n) is 13.5. The van der Waals surface area contributed by atoms with Crippen LogP contribution >= 0.6 is 0 Å². The fourth-order valence-electron chi connectivity index (χ4n) is 12.7. The molecule has 0 aromatic heterocycles. The van der Waals surface area contributed by atoms with Gasteiger partial charge in [-0.3, -0.25) is 9.69 Å². The summed E-state index contributed by atoms with van der Waals surface area (Å²) in [5, 5.41) is 25.5. The number of hydrogen-bond donors (Lipinski definition) is 2. The molecule has 7 rings (SSSR count). The second-order valence-corrected chi connectivity index (χ2v) is 14.8. The molecule has 1 heterocycles. The molecule has 6 aliphatic rings. The Morgan fingerprint density at radius 3 is 2.27 bits per heavy atom. The Bertz CT molecular complexity index is 1400. The van der Waals surface area contributed by atoms with E-state index in [9.17, 15) is 19.8 Å². The van der Waals surface area contributed by atoms with Gasteiger partial charge in [0.1, 0.15) is 35.6 Å². The van der Waals surface area contributed by atoms with E-state index in [4.69, 9.17) is 33.2 Å². The highest BCUT2D eigenvalue weighted by atomic mass is 16.6. The molecule has 0 radical (unpaired) electrons. The number of carbonyl (C=O) groups excluding carboxylic acids is 2. The summed E-state index contributed by atoms with van der Waals surface area (Å²) < 4.78 is 44.7. The van der Waals surface area contributed by atoms with Gasteiger partial charge in [0.25, 0.3) is 0 Å². The van der Waals surface area contributed by atoms with Crippen molar-refractivity contribution in [2.75, 3.05) is 54.7 Å².